The van der Waals surface area contributed by atoms with Gasteiger partial charge in [-0.15, -0.1) is 0 Å². The van der Waals surface area contributed by atoms with Crippen LogP contribution in [0.4, 0.5) is 0 Å². The summed E-state index contributed by atoms with van der Waals surface area (Å²) in [5.74, 6) is -0.240. The third-order valence-corrected chi connectivity index (χ3v) is 4.34. The smallest absolute Gasteiger partial charge is 0.253 e. The number of benzene rings is 1. The van der Waals surface area contributed by atoms with Gasteiger partial charge in [-0.1, -0.05) is 25.5 Å². The monoisotopic (exact) mass is 300 g/mol. The first-order valence-electron chi connectivity index (χ1n) is 7.83. The fraction of sp³-hybridized carbons (Fsp3) is 0.471. The predicted molar refractivity (Wildman–Crippen MR) is 81.2 cm³/mol. The van der Waals surface area contributed by atoms with E-state index in [1.807, 2.05) is 24.3 Å². The third-order valence-electron chi connectivity index (χ3n) is 4.34. The number of carbonyl (C=O) groups is 3. The number of hydrogen-bond acceptors (Lipinski definition) is 3. The van der Waals surface area contributed by atoms with E-state index in [0.717, 1.165) is 12.8 Å². The van der Waals surface area contributed by atoms with Crippen LogP contribution in [0.2, 0.25) is 0 Å². The number of amides is 3. The Kier molecular flexibility index (Phi) is 3.96. The van der Waals surface area contributed by atoms with Gasteiger partial charge < -0.3 is 4.90 Å². The van der Waals surface area contributed by atoms with E-state index >= 15 is 0 Å². The van der Waals surface area contributed by atoms with E-state index in [1.165, 1.54) is 10.5 Å². The quantitative estimate of drug-likeness (QED) is 0.794. The molecule has 5 heteroatoms. The SMILES string of the molecule is CCCc1ccc(C(=O)N2CC(N3C(=O)CCC3=O)C2)cc1. The molecule has 22 heavy (non-hydrogen) atoms. The largest absolute Gasteiger partial charge is 0.334 e. The maximum absolute atomic E-state index is 12.4. The van der Waals surface area contributed by atoms with Gasteiger partial charge in [-0.05, 0) is 24.1 Å². The molecule has 0 N–H and O–H groups in total. The van der Waals surface area contributed by atoms with Gasteiger partial charge in [-0.3, -0.25) is 19.3 Å². The van der Waals surface area contributed by atoms with Crippen molar-refractivity contribution in [3.63, 3.8) is 0 Å². The predicted octanol–water partition coefficient (Wildman–Crippen LogP) is 1.61. The van der Waals surface area contributed by atoms with E-state index in [4.69, 9.17) is 0 Å². The second kappa shape index (κ2) is 5.91. The summed E-state index contributed by atoms with van der Waals surface area (Å²) in [5, 5.41) is 0. The fourth-order valence-corrected chi connectivity index (χ4v) is 3.07. The van der Waals surface area contributed by atoms with Crippen LogP contribution >= 0.6 is 0 Å². The lowest BCUT2D eigenvalue weighted by Crippen LogP contribution is -2.62. The van der Waals surface area contributed by atoms with Crippen molar-refractivity contribution in [3.8, 4) is 0 Å². The fourth-order valence-electron chi connectivity index (χ4n) is 3.07. The van der Waals surface area contributed by atoms with Gasteiger partial charge in [0.2, 0.25) is 11.8 Å². The normalized spacial score (nSPS) is 18.8. The van der Waals surface area contributed by atoms with Crippen molar-refractivity contribution in [2.45, 2.75) is 38.6 Å². The molecule has 3 amide bonds. The molecule has 0 aromatic heterocycles. The minimum Gasteiger partial charge on any atom is -0.334 e. The number of nitrogens with zero attached hydrogens (tertiary/aromatic N) is 2. The minimum absolute atomic E-state index is 0.0293. The summed E-state index contributed by atoms with van der Waals surface area (Å²) in [7, 11) is 0. The van der Waals surface area contributed by atoms with Crippen molar-refractivity contribution in [3.05, 3.63) is 35.4 Å². The van der Waals surface area contributed by atoms with Gasteiger partial charge in [-0.2, -0.15) is 0 Å². The van der Waals surface area contributed by atoms with Crippen LogP contribution in [0, 0.1) is 0 Å². The third kappa shape index (κ3) is 2.63. The van der Waals surface area contributed by atoms with Crippen molar-refractivity contribution in [2.24, 2.45) is 0 Å². The first kappa shape index (κ1) is 14.8. The van der Waals surface area contributed by atoms with E-state index in [-0.39, 0.29) is 23.8 Å². The molecule has 2 aliphatic heterocycles. The van der Waals surface area contributed by atoms with E-state index in [2.05, 4.69) is 6.92 Å². The van der Waals surface area contributed by atoms with Gasteiger partial charge in [0.15, 0.2) is 0 Å². The molecule has 1 aromatic rings. The first-order chi connectivity index (χ1) is 10.6. The topological polar surface area (TPSA) is 57.7 Å². The standard InChI is InChI=1S/C17H20N2O3/c1-2-3-12-4-6-13(7-5-12)17(22)18-10-14(11-18)19-15(20)8-9-16(19)21/h4-7,14H,2-3,8-11H2,1H3. The Labute approximate surface area is 129 Å². The van der Waals surface area contributed by atoms with E-state index in [1.54, 1.807) is 4.90 Å². The van der Waals surface area contributed by atoms with Gasteiger partial charge in [-0.25, -0.2) is 0 Å². The van der Waals surface area contributed by atoms with Gasteiger partial charge in [0.25, 0.3) is 5.91 Å². The number of rotatable bonds is 4. The van der Waals surface area contributed by atoms with Crippen molar-refractivity contribution in [1.29, 1.82) is 0 Å². The van der Waals surface area contributed by atoms with Crippen LogP contribution in [-0.2, 0) is 16.0 Å². The molecule has 5 nitrogen and oxygen atoms in total. The Balaban J connectivity index is 1.59. The lowest BCUT2D eigenvalue weighted by molar-refractivity contribution is -0.144. The van der Waals surface area contributed by atoms with Crippen molar-refractivity contribution in [1.82, 2.24) is 9.80 Å². The zero-order chi connectivity index (χ0) is 15.7. The molecule has 116 valence electrons. The molecule has 0 aliphatic carbocycles. The van der Waals surface area contributed by atoms with Crippen LogP contribution in [0.5, 0.6) is 0 Å². The van der Waals surface area contributed by atoms with Crippen LogP contribution in [0.3, 0.4) is 0 Å². The second-order valence-electron chi connectivity index (χ2n) is 5.97. The highest BCUT2D eigenvalue weighted by Gasteiger charge is 2.42. The Morgan fingerprint density at radius 1 is 1.09 bits per heavy atom. The molecule has 2 fully saturated rings. The molecule has 0 saturated carbocycles. The summed E-state index contributed by atoms with van der Waals surface area (Å²) in [5.41, 5.74) is 1.89. The first-order valence-corrected chi connectivity index (χ1v) is 7.83. The zero-order valence-corrected chi connectivity index (χ0v) is 12.7. The molecular formula is C17H20N2O3. The number of imide groups is 1. The molecular weight excluding hydrogens is 280 g/mol. The summed E-state index contributed by atoms with van der Waals surface area (Å²) in [6, 6.07) is 7.55. The summed E-state index contributed by atoms with van der Waals surface area (Å²) in [4.78, 5) is 38.7. The summed E-state index contributed by atoms with van der Waals surface area (Å²) in [6.07, 6.45) is 2.71. The van der Waals surface area contributed by atoms with E-state index in [9.17, 15) is 14.4 Å². The average Bonchev–Trinajstić information content (AvgIpc) is 2.79. The molecule has 0 atom stereocenters. The lowest BCUT2D eigenvalue weighted by Gasteiger charge is -2.43. The summed E-state index contributed by atoms with van der Waals surface area (Å²) < 4.78 is 0. The maximum Gasteiger partial charge on any atom is 0.253 e. The Bertz CT molecular complexity index is 587. The highest BCUT2D eigenvalue weighted by Crippen LogP contribution is 2.23. The Morgan fingerprint density at radius 3 is 2.23 bits per heavy atom. The van der Waals surface area contributed by atoms with Crippen LogP contribution < -0.4 is 0 Å². The average molecular weight is 300 g/mol. The minimum atomic E-state index is -0.134. The van der Waals surface area contributed by atoms with Gasteiger partial charge in [0.1, 0.15) is 0 Å². The van der Waals surface area contributed by atoms with Gasteiger partial charge >= 0.3 is 0 Å². The van der Waals surface area contributed by atoms with Gasteiger partial charge in [0, 0.05) is 31.5 Å². The number of aryl methyl sites for hydroxylation is 1. The molecule has 0 unspecified atom stereocenters. The highest BCUT2D eigenvalue weighted by molar-refractivity contribution is 6.03. The molecule has 0 bridgehead atoms. The van der Waals surface area contributed by atoms with Crippen molar-refractivity contribution in [2.75, 3.05) is 13.1 Å². The molecule has 0 spiro atoms. The maximum atomic E-state index is 12.4. The lowest BCUT2D eigenvalue weighted by atomic mass is 10.0. The molecule has 1 aromatic carbocycles. The molecule has 2 saturated heterocycles. The number of likely N-dealkylation sites (tertiary alicyclic amines) is 2. The van der Waals surface area contributed by atoms with Crippen LogP contribution in [0.1, 0.15) is 42.1 Å². The summed E-state index contributed by atoms with van der Waals surface area (Å²) in [6.45, 7) is 3.03. The van der Waals surface area contributed by atoms with E-state index in [0.29, 0.717) is 31.5 Å². The van der Waals surface area contributed by atoms with E-state index < -0.39 is 0 Å². The molecule has 2 heterocycles. The Hall–Kier alpha value is -2.17. The number of hydrogen-bond donors (Lipinski definition) is 0. The van der Waals surface area contributed by atoms with Crippen LogP contribution in [0.25, 0.3) is 0 Å². The second-order valence-corrected chi connectivity index (χ2v) is 5.97. The van der Waals surface area contributed by atoms with Crippen LogP contribution in [0.15, 0.2) is 24.3 Å². The van der Waals surface area contributed by atoms with Crippen LogP contribution in [-0.4, -0.2) is 46.7 Å². The molecule has 3 rings (SSSR count). The molecule has 0 radical (unpaired) electrons. The van der Waals surface area contributed by atoms with Crippen molar-refractivity contribution < 1.29 is 14.4 Å². The highest BCUT2D eigenvalue weighted by atomic mass is 16.2. The Morgan fingerprint density at radius 2 is 1.68 bits per heavy atom. The molecule has 2 aliphatic rings. The van der Waals surface area contributed by atoms with Gasteiger partial charge in [0.05, 0.1) is 6.04 Å². The van der Waals surface area contributed by atoms with Crippen molar-refractivity contribution >= 4 is 17.7 Å². The number of carbonyl (C=O) groups excluding carboxylic acids is 3. The zero-order valence-electron chi connectivity index (χ0n) is 12.7. The summed E-state index contributed by atoms with van der Waals surface area (Å²) >= 11 is 0.